The second kappa shape index (κ2) is 6.59. The minimum absolute atomic E-state index is 0.114. The molecule has 0 radical (unpaired) electrons. The van der Waals surface area contributed by atoms with Gasteiger partial charge in [0, 0.05) is 36.2 Å². The molecule has 1 aromatic carbocycles. The molecule has 1 saturated heterocycles. The van der Waals surface area contributed by atoms with Crippen molar-refractivity contribution in [2.75, 3.05) is 23.0 Å². The zero-order chi connectivity index (χ0) is 14.8. The summed E-state index contributed by atoms with van der Waals surface area (Å²) in [5, 5.41) is 4.44. The second-order valence-electron chi connectivity index (χ2n) is 6.47. The van der Waals surface area contributed by atoms with E-state index in [0.29, 0.717) is 6.04 Å². The molecule has 1 aliphatic rings. The number of anilines is 1. The molecule has 4 heteroatoms. The van der Waals surface area contributed by atoms with Crippen molar-refractivity contribution in [3.05, 3.63) is 28.8 Å². The summed E-state index contributed by atoms with van der Waals surface area (Å²) in [6, 6.07) is 6.79. The van der Waals surface area contributed by atoms with Crippen LogP contribution in [0, 0.1) is 0 Å². The Labute approximate surface area is 132 Å². The van der Waals surface area contributed by atoms with Crippen LogP contribution in [-0.2, 0) is 6.54 Å². The number of benzene rings is 1. The third-order valence-electron chi connectivity index (χ3n) is 3.53. The molecule has 112 valence electrons. The topological polar surface area (TPSA) is 15.3 Å². The van der Waals surface area contributed by atoms with E-state index in [9.17, 15) is 0 Å². The fraction of sp³-hybridized carbons (Fsp3) is 0.625. The Balaban J connectivity index is 2.26. The maximum atomic E-state index is 6.50. The van der Waals surface area contributed by atoms with Crippen molar-refractivity contribution >= 4 is 29.1 Å². The van der Waals surface area contributed by atoms with E-state index in [4.69, 9.17) is 11.6 Å². The lowest BCUT2D eigenvalue weighted by molar-refractivity contribution is 0.424. The van der Waals surface area contributed by atoms with Crippen LogP contribution in [0.25, 0.3) is 0 Å². The SMILES string of the molecule is CC1CSCCN1c1c(Cl)cccc1CNC(C)(C)C. The monoisotopic (exact) mass is 312 g/mol. The molecule has 20 heavy (non-hydrogen) atoms. The van der Waals surface area contributed by atoms with Crippen LogP contribution in [0.1, 0.15) is 33.3 Å². The van der Waals surface area contributed by atoms with E-state index in [2.05, 4.69) is 50.0 Å². The van der Waals surface area contributed by atoms with Gasteiger partial charge in [0.05, 0.1) is 10.7 Å². The molecule has 1 fully saturated rings. The van der Waals surface area contributed by atoms with Gasteiger partial charge in [-0.3, -0.25) is 0 Å². The Morgan fingerprint density at radius 3 is 2.80 bits per heavy atom. The fourth-order valence-corrected chi connectivity index (χ4v) is 3.76. The van der Waals surface area contributed by atoms with Gasteiger partial charge in [0.2, 0.25) is 0 Å². The molecule has 2 nitrogen and oxygen atoms in total. The van der Waals surface area contributed by atoms with Crippen molar-refractivity contribution in [1.29, 1.82) is 0 Å². The Kier molecular flexibility index (Phi) is 5.27. The largest absolute Gasteiger partial charge is 0.366 e. The summed E-state index contributed by atoms with van der Waals surface area (Å²) in [6.45, 7) is 10.8. The third-order valence-corrected chi connectivity index (χ3v) is 5.03. The zero-order valence-electron chi connectivity index (χ0n) is 12.9. The van der Waals surface area contributed by atoms with Crippen molar-refractivity contribution in [3.63, 3.8) is 0 Å². The number of para-hydroxylation sites is 1. The first-order valence-corrected chi connectivity index (χ1v) is 8.78. The van der Waals surface area contributed by atoms with E-state index in [1.165, 1.54) is 22.8 Å². The lowest BCUT2D eigenvalue weighted by Crippen LogP contribution is -2.42. The summed E-state index contributed by atoms with van der Waals surface area (Å²) < 4.78 is 0. The van der Waals surface area contributed by atoms with Gasteiger partial charge in [-0.05, 0) is 39.3 Å². The van der Waals surface area contributed by atoms with Gasteiger partial charge >= 0.3 is 0 Å². The van der Waals surface area contributed by atoms with Gasteiger partial charge in [0.15, 0.2) is 0 Å². The minimum atomic E-state index is 0.114. The van der Waals surface area contributed by atoms with Crippen LogP contribution in [0.15, 0.2) is 18.2 Å². The maximum absolute atomic E-state index is 6.50. The molecule has 0 bridgehead atoms. The Morgan fingerprint density at radius 1 is 1.40 bits per heavy atom. The number of nitrogens with zero attached hydrogens (tertiary/aromatic N) is 1. The van der Waals surface area contributed by atoms with Gasteiger partial charge < -0.3 is 10.2 Å². The van der Waals surface area contributed by atoms with Crippen LogP contribution in [0.4, 0.5) is 5.69 Å². The number of thioether (sulfide) groups is 1. The normalized spacial score (nSPS) is 20.2. The number of rotatable bonds is 3. The summed E-state index contributed by atoms with van der Waals surface area (Å²) in [4.78, 5) is 2.47. The summed E-state index contributed by atoms with van der Waals surface area (Å²) in [5.41, 5.74) is 2.63. The molecule has 0 saturated carbocycles. The average molecular weight is 313 g/mol. The van der Waals surface area contributed by atoms with Crippen molar-refractivity contribution < 1.29 is 0 Å². The molecule has 0 spiro atoms. The number of hydrogen-bond donors (Lipinski definition) is 1. The lowest BCUT2D eigenvalue weighted by atomic mass is 10.1. The smallest absolute Gasteiger partial charge is 0.0643 e. The standard InChI is InChI=1S/C16H25ClN2S/c1-12-11-20-9-8-19(12)15-13(6-5-7-14(15)17)10-18-16(2,3)4/h5-7,12,18H,8-11H2,1-4H3. The van der Waals surface area contributed by atoms with Gasteiger partial charge in [-0.25, -0.2) is 0 Å². The predicted molar refractivity (Wildman–Crippen MR) is 92.2 cm³/mol. The van der Waals surface area contributed by atoms with E-state index in [-0.39, 0.29) is 5.54 Å². The molecule has 1 atom stereocenters. The molecule has 1 unspecified atom stereocenters. The Morgan fingerprint density at radius 2 is 2.15 bits per heavy atom. The maximum Gasteiger partial charge on any atom is 0.0643 e. The number of hydrogen-bond acceptors (Lipinski definition) is 3. The van der Waals surface area contributed by atoms with Gasteiger partial charge in [0.25, 0.3) is 0 Å². The van der Waals surface area contributed by atoms with E-state index in [1.807, 2.05) is 17.8 Å². The summed E-state index contributed by atoms with van der Waals surface area (Å²) in [5.74, 6) is 2.36. The van der Waals surface area contributed by atoms with E-state index < -0.39 is 0 Å². The fourth-order valence-electron chi connectivity index (χ4n) is 2.44. The van der Waals surface area contributed by atoms with E-state index in [0.717, 1.165) is 18.1 Å². The summed E-state index contributed by atoms with van der Waals surface area (Å²) in [6.07, 6.45) is 0. The first-order chi connectivity index (χ1) is 9.38. The van der Waals surface area contributed by atoms with Crippen LogP contribution in [0.2, 0.25) is 5.02 Å². The molecular formula is C16H25ClN2S. The van der Waals surface area contributed by atoms with E-state index >= 15 is 0 Å². The molecule has 1 aromatic rings. The van der Waals surface area contributed by atoms with Crippen LogP contribution >= 0.6 is 23.4 Å². The highest BCUT2D eigenvalue weighted by atomic mass is 35.5. The molecule has 0 aliphatic carbocycles. The highest BCUT2D eigenvalue weighted by Gasteiger charge is 2.23. The molecule has 1 aliphatic heterocycles. The van der Waals surface area contributed by atoms with Gasteiger partial charge in [0.1, 0.15) is 0 Å². The van der Waals surface area contributed by atoms with Crippen molar-refractivity contribution in [1.82, 2.24) is 5.32 Å². The summed E-state index contributed by atoms with van der Waals surface area (Å²) >= 11 is 8.53. The average Bonchev–Trinajstić information content (AvgIpc) is 2.37. The van der Waals surface area contributed by atoms with Crippen molar-refractivity contribution in [2.45, 2.75) is 45.8 Å². The van der Waals surface area contributed by atoms with Crippen LogP contribution in [0.5, 0.6) is 0 Å². The molecule has 1 N–H and O–H groups in total. The van der Waals surface area contributed by atoms with Gasteiger partial charge in [-0.1, -0.05) is 23.7 Å². The van der Waals surface area contributed by atoms with Gasteiger partial charge in [-0.2, -0.15) is 11.8 Å². The molecule has 0 aromatic heterocycles. The first-order valence-electron chi connectivity index (χ1n) is 7.25. The molecular weight excluding hydrogens is 288 g/mol. The first kappa shape index (κ1) is 16.0. The van der Waals surface area contributed by atoms with Gasteiger partial charge in [-0.15, -0.1) is 0 Å². The second-order valence-corrected chi connectivity index (χ2v) is 8.03. The molecule has 2 rings (SSSR count). The zero-order valence-corrected chi connectivity index (χ0v) is 14.4. The number of nitrogens with one attached hydrogen (secondary N) is 1. The van der Waals surface area contributed by atoms with Crippen LogP contribution in [-0.4, -0.2) is 29.6 Å². The molecule has 0 amide bonds. The Bertz CT molecular complexity index is 456. The third kappa shape index (κ3) is 4.06. The quantitative estimate of drug-likeness (QED) is 0.902. The Hall–Kier alpha value is -0.380. The predicted octanol–water partition coefficient (Wildman–Crippen LogP) is 4.17. The van der Waals surface area contributed by atoms with Crippen molar-refractivity contribution in [3.8, 4) is 0 Å². The highest BCUT2D eigenvalue weighted by Crippen LogP contribution is 2.34. The lowest BCUT2D eigenvalue weighted by Gasteiger charge is -2.37. The number of halogens is 1. The summed E-state index contributed by atoms with van der Waals surface area (Å²) in [7, 11) is 0. The van der Waals surface area contributed by atoms with Crippen LogP contribution < -0.4 is 10.2 Å². The van der Waals surface area contributed by atoms with Crippen LogP contribution in [0.3, 0.4) is 0 Å². The van der Waals surface area contributed by atoms with Crippen molar-refractivity contribution in [2.24, 2.45) is 0 Å². The highest BCUT2D eigenvalue weighted by molar-refractivity contribution is 7.99. The van der Waals surface area contributed by atoms with E-state index in [1.54, 1.807) is 0 Å². The molecule has 1 heterocycles. The minimum Gasteiger partial charge on any atom is -0.366 e.